The van der Waals surface area contributed by atoms with E-state index < -0.39 is 0 Å². The molecule has 2 rings (SSSR count). The Morgan fingerprint density at radius 3 is 2.68 bits per heavy atom. The summed E-state index contributed by atoms with van der Waals surface area (Å²) in [5, 5.41) is 20.2. The third-order valence-corrected chi connectivity index (χ3v) is 3.22. The van der Waals surface area contributed by atoms with Gasteiger partial charge in [0, 0.05) is 18.7 Å². The molecule has 1 aromatic heterocycles. The number of H-pyrrole nitrogens is 1. The van der Waals surface area contributed by atoms with Crippen LogP contribution in [0.25, 0.3) is 11.3 Å². The monoisotopic (exact) mass is 259 g/mol. The van der Waals surface area contributed by atoms with Gasteiger partial charge in [0.25, 0.3) is 0 Å². The molecule has 0 radical (unpaired) electrons. The molecule has 1 atom stereocenters. The number of rotatable bonds is 6. The van der Waals surface area contributed by atoms with Crippen molar-refractivity contribution in [1.29, 1.82) is 0 Å². The largest absolute Gasteiger partial charge is 0.392 e. The summed E-state index contributed by atoms with van der Waals surface area (Å²) in [4.78, 5) is 0. The Labute approximate surface area is 113 Å². The molecular weight excluding hydrogens is 238 g/mol. The van der Waals surface area contributed by atoms with E-state index >= 15 is 0 Å². The van der Waals surface area contributed by atoms with Gasteiger partial charge in [0.2, 0.25) is 0 Å². The number of nitrogens with zero attached hydrogens (tertiary/aromatic N) is 1. The highest BCUT2D eigenvalue weighted by atomic mass is 16.3. The molecule has 0 bridgehead atoms. The van der Waals surface area contributed by atoms with E-state index in [4.69, 9.17) is 0 Å². The molecule has 19 heavy (non-hydrogen) atoms. The van der Waals surface area contributed by atoms with Crippen LogP contribution in [0, 0.1) is 5.92 Å². The molecule has 0 aliphatic heterocycles. The van der Waals surface area contributed by atoms with Crippen molar-refractivity contribution < 1.29 is 5.11 Å². The van der Waals surface area contributed by atoms with Crippen LogP contribution in [-0.4, -0.2) is 28.0 Å². The summed E-state index contributed by atoms with van der Waals surface area (Å²) in [6, 6.07) is 10.1. The van der Waals surface area contributed by atoms with Crippen molar-refractivity contribution in [3.05, 3.63) is 42.1 Å². The predicted molar refractivity (Wildman–Crippen MR) is 76.6 cm³/mol. The van der Waals surface area contributed by atoms with Gasteiger partial charge in [0.15, 0.2) is 0 Å². The number of hydrogen-bond acceptors (Lipinski definition) is 3. The van der Waals surface area contributed by atoms with Crippen molar-refractivity contribution >= 4 is 0 Å². The first-order valence-corrected chi connectivity index (χ1v) is 6.65. The van der Waals surface area contributed by atoms with Gasteiger partial charge in [0.05, 0.1) is 18.0 Å². The lowest BCUT2D eigenvalue weighted by atomic mass is 10.1. The zero-order valence-electron chi connectivity index (χ0n) is 11.4. The summed E-state index contributed by atoms with van der Waals surface area (Å²) in [6.45, 7) is 5.32. The molecule has 102 valence electrons. The lowest BCUT2D eigenvalue weighted by molar-refractivity contribution is 0.123. The van der Waals surface area contributed by atoms with E-state index in [0.717, 1.165) is 16.8 Å². The molecule has 0 saturated heterocycles. The van der Waals surface area contributed by atoms with Crippen LogP contribution in [-0.2, 0) is 6.54 Å². The van der Waals surface area contributed by atoms with E-state index in [2.05, 4.69) is 27.6 Å². The topological polar surface area (TPSA) is 60.9 Å². The van der Waals surface area contributed by atoms with Crippen LogP contribution in [0.15, 0.2) is 36.5 Å². The predicted octanol–water partition coefficient (Wildman–Crippen LogP) is 2.18. The van der Waals surface area contributed by atoms with E-state index in [-0.39, 0.29) is 12.0 Å². The van der Waals surface area contributed by atoms with Gasteiger partial charge in [-0.25, -0.2) is 0 Å². The minimum atomic E-state index is -0.313. The molecule has 4 heteroatoms. The number of aliphatic hydroxyl groups is 1. The Bertz CT molecular complexity index is 493. The molecule has 0 fully saturated rings. The van der Waals surface area contributed by atoms with Gasteiger partial charge in [-0.3, -0.25) is 5.10 Å². The Balaban J connectivity index is 1.97. The van der Waals surface area contributed by atoms with Gasteiger partial charge in [-0.2, -0.15) is 5.10 Å². The number of aromatic amines is 1. The van der Waals surface area contributed by atoms with Gasteiger partial charge in [0.1, 0.15) is 0 Å². The lowest BCUT2D eigenvalue weighted by Gasteiger charge is -2.15. The minimum Gasteiger partial charge on any atom is -0.392 e. The van der Waals surface area contributed by atoms with E-state index in [1.165, 1.54) is 0 Å². The summed E-state index contributed by atoms with van der Waals surface area (Å²) < 4.78 is 0. The highest BCUT2D eigenvalue weighted by Gasteiger charge is 2.10. The zero-order valence-corrected chi connectivity index (χ0v) is 11.4. The maximum absolute atomic E-state index is 9.76. The number of hydrogen-bond donors (Lipinski definition) is 3. The SMILES string of the molecule is CC(C)C(O)CNCc1cn[nH]c1-c1ccccc1. The Hall–Kier alpha value is -1.65. The lowest BCUT2D eigenvalue weighted by Crippen LogP contribution is -2.30. The highest BCUT2D eigenvalue weighted by molar-refractivity contribution is 5.62. The quantitative estimate of drug-likeness (QED) is 0.745. The second-order valence-corrected chi connectivity index (χ2v) is 5.08. The van der Waals surface area contributed by atoms with Crippen molar-refractivity contribution in [2.75, 3.05) is 6.54 Å². The number of aliphatic hydroxyl groups excluding tert-OH is 1. The number of benzene rings is 1. The maximum Gasteiger partial charge on any atom is 0.0695 e. The molecule has 1 heterocycles. The first-order chi connectivity index (χ1) is 9.18. The van der Waals surface area contributed by atoms with Crippen molar-refractivity contribution in [2.24, 2.45) is 5.92 Å². The standard InChI is InChI=1S/C15H21N3O/c1-11(2)14(19)10-16-8-13-9-17-18-15(13)12-6-4-3-5-7-12/h3-7,9,11,14,16,19H,8,10H2,1-2H3,(H,17,18). The van der Waals surface area contributed by atoms with Gasteiger partial charge >= 0.3 is 0 Å². The van der Waals surface area contributed by atoms with Gasteiger partial charge in [-0.05, 0) is 11.5 Å². The second kappa shape index (κ2) is 6.50. The van der Waals surface area contributed by atoms with Crippen molar-refractivity contribution in [2.45, 2.75) is 26.5 Å². The van der Waals surface area contributed by atoms with Crippen LogP contribution < -0.4 is 5.32 Å². The molecule has 3 N–H and O–H groups in total. The van der Waals surface area contributed by atoms with Crippen LogP contribution >= 0.6 is 0 Å². The van der Waals surface area contributed by atoms with E-state index in [1.807, 2.05) is 38.2 Å². The third kappa shape index (κ3) is 3.66. The zero-order chi connectivity index (χ0) is 13.7. The first kappa shape index (κ1) is 13.8. The molecule has 1 aromatic carbocycles. The van der Waals surface area contributed by atoms with Crippen molar-refractivity contribution in [1.82, 2.24) is 15.5 Å². The van der Waals surface area contributed by atoms with Gasteiger partial charge in [-0.15, -0.1) is 0 Å². The molecule has 4 nitrogen and oxygen atoms in total. The average Bonchev–Trinajstić information content (AvgIpc) is 2.88. The molecule has 1 unspecified atom stereocenters. The fourth-order valence-corrected chi connectivity index (χ4v) is 1.89. The summed E-state index contributed by atoms with van der Waals surface area (Å²) in [6.07, 6.45) is 1.52. The van der Waals surface area contributed by atoms with Crippen molar-refractivity contribution in [3.63, 3.8) is 0 Å². The van der Waals surface area contributed by atoms with Crippen LogP contribution in [0.2, 0.25) is 0 Å². The summed E-state index contributed by atoms with van der Waals surface area (Å²) in [7, 11) is 0. The summed E-state index contributed by atoms with van der Waals surface area (Å²) >= 11 is 0. The molecule has 0 saturated carbocycles. The normalized spacial score (nSPS) is 12.8. The summed E-state index contributed by atoms with van der Waals surface area (Å²) in [5.74, 6) is 0.269. The molecule has 0 aliphatic rings. The van der Waals surface area contributed by atoms with Crippen molar-refractivity contribution in [3.8, 4) is 11.3 Å². The van der Waals surface area contributed by atoms with E-state index in [9.17, 15) is 5.11 Å². The van der Waals surface area contributed by atoms with Gasteiger partial charge < -0.3 is 10.4 Å². The average molecular weight is 259 g/mol. The maximum atomic E-state index is 9.76. The fraction of sp³-hybridized carbons (Fsp3) is 0.400. The molecular formula is C15H21N3O. The fourth-order valence-electron chi connectivity index (χ4n) is 1.89. The van der Waals surface area contributed by atoms with Crippen LogP contribution in [0.1, 0.15) is 19.4 Å². The Morgan fingerprint density at radius 2 is 2.00 bits per heavy atom. The van der Waals surface area contributed by atoms with E-state index in [0.29, 0.717) is 13.1 Å². The van der Waals surface area contributed by atoms with Crippen LogP contribution in [0.3, 0.4) is 0 Å². The van der Waals surface area contributed by atoms with Crippen LogP contribution in [0.5, 0.6) is 0 Å². The molecule has 0 amide bonds. The minimum absolute atomic E-state index is 0.269. The smallest absolute Gasteiger partial charge is 0.0695 e. The Morgan fingerprint density at radius 1 is 1.26 bits per heavy atom. The van der Waals surface area contributed by atoms with E-state index in [1.54, 1.807) is 0 Å². The van der Waals surface area contributed by atoms with Crippen LogP contribution in [0.4, 0.5) is 0 Å². The van der Waals surface area contributed by atoms with Gasteiger partial charge in [-0.1, -0.05) is 44.2 Å². The number of nitrogens with one attached hydrogen (secondary N) is 2. The highest BCUT2D eigenvalue weighted by Crippen LogP contribution is 2.20. The summed E-state index contributed by atoms with van der Waals surface area (Å²) in [5.41, 5.74) is 3.27. The first-order valence-electron chi connectivity index (χ1n) is 6.65. The second-order valence-electron chi connectivity index (χ2n) is 5.08. The molecule has 0 aliphatic carbocycles. The number of aromatic nitrogens is 2. The molecule has 0 spiro atoms. The molecule has 2 aromatic rings. The third-order valence-electron chi connectivity index (χ3n) is 3.22. The Kier molecular flexibility index (Phi) is 4.71.